The van der Waals surface area contributed by atoms with E-state index in [0.29, 0.717) is 0 Å². The number of hydrogen-bond donors (Lipinski definition) is 2. The summed E-state index contributed by atoms with van der Waals surface area (Å²) in [6.45, 7) is 0.0809. The van der Waals surface area contributed by atoms with E-state index in [1.165, 1.54) is 10.1 Å². The highest BCUT2D eigenvalue weighted by Crippen LogP contribution is 2.36. The van der Waals surface area contributed by atoms with Crippen molar-refractivity contribution in [1.29, 1.82) is 0 Å². The van der Waals surface area contributed by atoms with Crippen LogP contribution in [0.15, 0.2) is 27.3 Å². The molecule has 0 aliphatic heterocycles. The molecule has 1 aromatic heterocycles. The van der Waals surface area contributed by atoms with Gasteiger partial charge < -0.3 is 5.11 Å². The maximum absolute atomic E-state index is 9.23. The first-order valence-electron chi connectivity index (χ1n) is 4.14. The number of thiophene rings is 1. The summed E-state index contributed by atoms with van der Waals surface area (Å²) in [4.78, 5) is 2.07. The number of thioether (sulfide) groups is 1. The van der Waals surface area contributed by atoms with E-state index in [2.05, 4.69) is 24.1 Å². The lowest BCUT2D eigenvalue weighted by molar-refractivity contribution is 0.278. The Balaban J connectivity index is 2.79. The number of rotatable bonds is 2. The maximum atomic E-state index is 9.23. The molecule has 2 aromatic rings. The van der Waals surface area contributed by atoms with Crippen molar-refractivity contribution in [3.8, 4) is 0 Å². The smallest absolute Gasteiger partial charge is 0.0693 e. The minimum Gasteiger partial charge on any atom is -0.392 e. The van der Waals surface area contributed by atoms with Gasteiger partial charge in [-0.05, 0) is 29.3 Å². The van der Waals surface area contributed by atoms with E-state index < -0.39 is 0 Å². The Morgan fingerprint density at radius 2 is 2.36 bits per heavy atom. The molecular weight excluding hydrogens is 232 g/mol. The molecule has 0 spiro atoms. The Morgan fingerprint density at radius 3 is 3.00 bits per heavy atom. The third-order valence-corrected chi connectivity index (χ3v) is 4.49. The first-order valence-corrected chi connectivity index (χ1v) is 6.70. The molecule has 14 heavy (non-hydrogen) atoms. The molecule has 1 heterocycles. The summed E-state index contributed by atoms with van der Waals surface area (Å²) in [7, 11) is 0. The molecule has 4 heteroatoms. The van der Waals surface area contributed by atoms with Gasteiger partial charge in [0.2, 0.25) is 0 Å². The van der Waals surface area contributed by atoms with E-state index in [1.54, 1.807) is 23.1 Å². The summed E-state index contributed by atoms with van der Waals surface area (Å²) in [5.41, 5.74) is 0.970. The molecule has 1 nitrogen and oxygen atoms in total. The second-order valence-electron chi connectivity index (χ2n) is 2.91. The van der Waals surface area contributed by atoms with Crippen LogP contribution in [0, 0.1) is 0 Å². The standard InChI is InChI=1S/C10H10OS3/c1-13-10-6(5-11)4-8-7(9(10)12)2-3-14-8/h2-4,11-12H,5H2,1H3. The second kappa shape index (κ2) is 4.14. The van der Waals surface area contributed by atoms with Crippen LogP contribution in [0.4, 0.5) is 0 Å². The van der Waals surface area contributed by atoms with E-state index >= 15 is 0 Å². The Bertz CT molecular complexity index is 462. The molecule has 0 saturated heterocycles. The van der Waals surface area contributed by atoms with Crippen molar-refractivity contribution in [1.82, 2.24) is 0 Å². The molecule has 0 saturated carbocycles. The zero-order valence-electron chi connectivity index (χ0n) is 7.65. The molecular formula is C10H10OS3. The lowest BCUT2D eigenvalue weighted by Gasteiger charge is -2.08. The van der Waals surface area contributed by atoms with Crippen molar-refractivity contribution in [2.75, 3.05) is 6.26 Å². The SMILES string of the molecule is CSc1c(CO)cc2sccc2c1S. The fourth-order valence-corrected chi connectivity index (χ4v) is 3.71. The molecule has 0 unspecified atom stereocenters. The van der Waals surface area contributed by atoms with E-state index in [1.807, 2.05) is 12.3 Å². The van der Waals surface area contributed by atoms with Crippen LogP contribution >= 0.6 is 35.7 Å². The molecule has 0 atom stereocenters. The van der Waals surface area contributed by atoms with Crippen LogP contribution in [0.1, 0.15) is 5.56 Å². The quantitative estimate of drug-likeness (QED) is 0.622. The first-order chi connectivity index (χ1) is 6.77. The van der Waals surface area contributed by atoms with Gasteiger partial charge in [0.1, 0.15) is 0 Å². The number of thiol groups is 1. The minimum absolute atomic E-state index is 0.0809. The molecule has 0 aliphatic carbocycles. The van der Waals surface area contributed by atoms with Crippen LogP contribution < -0.4 is 0 Å². The number of benzene rings is 1. The normalized spacial score (nSPS) is 11.1. The molecule has 0 fully saturated rings. The van der Waals surface area contributed by atoms with Gasteiger partial charge >= 0.3 is 0 Å². The summed E-state index contributed by atoms with van der Waals surface area (Å²) >= 11 is 7.82. The lowest BCUT2D eigenvalue weighted by Crippen LogP contribution is -1.88. The van der Waals surface area contributed by atoms with Gasteiger partial charge in [-0.1, -0.05) is 0 Å². The average molecular weight is 242 g/mol. The van der Waals surface area contributed by atoms with Crippen molar-refractivity contribution in [2.45, 2.75) is 16.4 Å². The van der Waals surface area contributed by atoms with Crippen LogP contribution in [0.25, 0.3) is 10.1 Å². The van der Waals surface area contributed by atoms with E-state index in [0.717, 1.165) is 15.4 Å². The monoisotopic (exact) mass is 242 g/mol. The molecule has 0 amide bonds. The highest BCUT2D eigenvalue weighted by Gasteiger charge is 2.10. The summed E-state index contributed by atoms with van der Waals surface area (Å²) in [6.07, 6.45) is 2.01. The second-order valence-corrected chi connectivity index (χ2v) is 5.12. The predicted octanol–water partition coefficient (Wildman–Crippen LogP) is 3.40. The molecule has 74 valence electrons. The Labute approximate surface area is 96.6 Å². The zero-order chi connectivity index (χ0) is 10.1. The van der Waals surface area contributed by atoms with Crippen LogP contribution in [0.2, 0.25) is 0 Å². The van der Waals surface area contributed by atoms with Gasteiger partial charge in [-0.3, -0.25) is 0 Å². The van der Waals surface area contributed by atoms with Gasteiger partial charge in [-0.15, -0.1) is 35.7 Å². The zero-order valence-corrected chi connectivity index (χ0v) is 10.2. The summed E-state index contributed by atoms with van der Waals surface area (Å²) in [6, 6.07) is 4.12. The van der Waals surface area contributed by atoms with Gasteiger partial charge in [-0.25, -0.2) is 0 Å². The summed E-state index contributed by atoms with van der Waals surface area (Å²) < 4.78 is 1.19. The summed E-state index contributed by atoms with van der Waals surface area (Å²) in [5.74, 6) is 0. The molecule has 0 radical (unpaired) electrons. The fraction of sp³-hybridized carbons (Fsp3) is 0.200. The van der Waals surface area contributed by atoms with Gasteiger partial charge in [0.15, 0.2) is 0 Å². The van der Waals surface area contributed by atoms with Crippen LogP contribution in [-0.2, 0) is 6.61 Å². The Morgan fingerprint density at radius 1 is 1.57 bits per heavy atom. The minimum atomic E-state index is 0.0809. The highest BCUT2D eigenvalue weighted by atomic mass is 32.2. The molecule has 0 bridgehead atoms. The van der Waals surface area contributed by atoms with Gasteiger partial charge in [0.05, 0.1) is 6.61 Å². The average Bonchev–Trinajstić information content (AvgIpc) is 2.65. The van der Waals surface area contributed by atoms with Gasteiger partial charge in [0, 0.05) is 19.9 Å². The van der Waals surface area contributed by atoms with E-state index in [9.17, 15) is 5.11 Å². The van der Waals surface area contributed by atoms with Crippen molar-refractivity contribution in [2.24, 2.45) is 0 Å². The topological polar surface area (TPSA) is 20.2 Å². The Hall–Kier alpha value is -0.160. The third-order valence-electron chi connectivity index (χ3n) is 2.14. The van der Waals surface area contributed by atoms with Crippen LogP contribution in [-0.4, -0.2) is 11.4 Å². The molecule has 1 N–H and O–H groups in total. The molecule has 2 rings (SSSR count). The van der Waals surface area contributed by atoms with Crippen LogP contribution in [0.3, 0.4) is 0 Å². The highest BCUT2D eigenvalue weighted by molar-refractivity contribution is 7.99. The van der Waals surface area contributed by atoms with Gasteiger partial charge in [0.25, 0.3) is 0 Å². The maximum Gasteiger partial charge on any atom is 0.0693 e. The van der Waals surface area contributed by atoms with Crippen molar-refractivity contribution in [3.63, 3.8) is 0 Å². The lowest BCUT2D eigenvalue weighted by atomic mass is 10.2. The molecule has 1 aromatic carbocycles. The van der Waals surface area contributed by atoms with Crippen molar-refractivity contribution in [3.05, 3.63) is 23.1 Å². The number of fused-ring (bicyclic) bond motifs is 1. The largest absolute Gasteiger partial charge is 0.392 e. The van der Waals surface area contributed by atoms with Crippen molar-refractivity contribution < 1.29 is 5.11 Å². The van der Waals surface area contributed by atoms with Crippen molar-refractivity contribution >= 4 is 45.8 Å². The first kappa shape index (κ1) is 10.4. The van der Waals surface area contributed by atoms with Crippen LogP contribution in [0.5, 0.6) is 0 Å². The third kappa shape index (κ3) is 1.56. The number of aliphatic hydroxyl groups excluding tert-OH is 1. The number of aliphatic hydroxyl groups is 1. The predicted molar refractivity (Wildman–Crippen MR) is 66.8 cm³/mol. The van der Waals surface area contributed by atoms with Gasteiger partial charge in [-0.2, -0.15) is 0 Å². The summed E-state index contributed by atoms with van der Waals surface area (Å²) in [5, 5.41) is 12.5. The van der Waals surface area contributed by atoms with E-state index in [4.69, 9.17) is 0 Å². The molecule has 0 aliphatic rings. The van der Waals surface area contributed by atoms with E-state index in [-0.39, 0.29) is 6.61 Å². The number of hydrogen-bond acceptors (Lipinski definition) is 4. The Kier molecular flexibility index (Phi) is 3.07. The fourth-order valence-electron chi connectivity index (χ4n) is 1.47.